The van der Waals surface area contributed by atoms with Gasteiger partial charge < -0.3 is 10.6 Å². The molecular formula is C17H19N3. The van der Waals surface area contributed by atoms with Gasteiger partial charge in [0, 0.05) is 29.0 Å². The summed E-state index contributed by atoms with van der Waals surface area (Å²) in [6.07, 6.45) is 1.14. The maximum atomic E-state index is 9.24. The van der Waals surface area contributed by atoms with Gasteiger partial charge in [0.25, 0.3) is 0 Å². The molecule has 2 atom stereocenters. The van der Waals surface area contributed by atoms with Crippen LogP contribution in [0.25, 0.3) is 10.8 Å². The van der Waals surface area contributed by atoms with Gasteiger partial charge in [-0.1, -0.05) is 24.3 Å². The first kappa shape index (κ1) is 13.0. The minimum absolute atomic E-state index is 0.500. The van der Waals surface area contributed by atoms with Gasteiger partial charge in [-0.25, -0.2) is 0 Å². The number of nitrogens with two attached hydrogens (primary N) is 1. The zero-order valence-corrected chi connectivity index (χ0v) is 11.7. The zero-order chi connectivity index (χ0) is 14.1. The summed E-state index contributed by atoms with van der Waals surface area (Å²) in [5.74, 6) is 0.569. The van der Waals surface area contributed by atoms with Crippen molar-refractivity contribution in [2.45, 2.75) is 19.4 Å². The number of hydrogen-bond acceptors (Lipinski definition) is 3. The number of rotatable bonds is 2. The van der Waals surface area contributed by atoms with Crippen LogP contribution in [-0.4, -0.2) is 19.1 Å². The lowest BCUT2D eigenvalue weighted by atomic mass is 10.0. The van der Waals surface area contributed by atoms with E-state index >= 15 is 0 Å². The molecule has 1 aliphatic heterocycles. The van der Waals surface area contributed by atoms with Crippen LogP contribution in [0.2, 0.25) is 0 Å². The number of anilines is 1. The molecule has 1 heterocycles. The van der Waals surface area contributed by atoms with Gasteiger partial charge in [-0.05, 0) is 37.9 Å². The Morgan fingerprint density at radius 1 is 1.25 bits per heavy atom. The molecule has 0 saturated carbocycles. The first-order valence-corrected chi connectivity index (χ1v) is 7.13. The van der Waals surface area contributed by atoms with Gasteiger partial charge in [0.15, 0.2) is 0 Å². The maximum absolute atomic E-state index is 9.24. The fraction of sp³-hybridized carbons (Fsp3) is 0.353. The lowest BCUT2D eigenvalue weighted by Crippen LogP contribution is -2.27. The van der Waals surface area contributed by atoms with Crippen molar-refractivity contribution in [1.82, 2.24) is 0 Å². The molecule has 20 heavy (non-hydrogen) atoms. The molecule has 2 N–H and O–H groups in total. The highest BCUT2D eigenvalue weighted by Gasteiger charge is 2.29. The number of fused-ring (bicyclic) bond motifs is 1. The zero-order valence-electron chi connectivity index (χ0n) is 11.7. The van der Waals surface area contributed by atoms with Crippen LogP contribution in [0.5, 0.6) is 0 Å². The molecule has 1 saturated heterocycles. The fourth-order valence-corrected chi connectivity index (χ4v) is 3.28. The molecule has 0 radical (unpaired) electrons. The molecule has 0 aromatic heterocycles. The molecule has 2 aromatic carbocycles. The predicted octanol–water partition coefficient (Wildman–Crippen LogP) is 2.88. The molecule has 0 bridgehead atoms. The SMILES string of the molecule is CC1CC(CN)CN1c1ccc(C#N)c2ccccc12. The number of hydrogen-bond donors (Lipinski definition) is 1. The Kier molecular flexibility index (Phi) is 3.33. The summed E-state index contributed by atoms with van der Waals surface area (Å²) in [6.45, 7) is 4.01. The quantitative estimate of drug-likeness (QED) is 0.908. The van der Waals surface area contributed by atoms with E-state index < -0.39 is 0 Å². The minimum atomic E-state index is 0.500. The smallest absolute Gasteiger partial charge is 0.0998 e. The Morgan fingerprint density at radius 2 is 2.00 bits per heavy atom. The van der Waals surface area contributed by atoms with Crippen LogP contribution in [0.1, 0.15) is 18.9 Å². The van der Waals surface area contributed by atoms with E-state index in [-0.39, 0.29) is 0 Å². The number of nitrogens with zero attached hydrogens (tertiary/aromatic N) is 2. The van der Waals surface area contributed by atoms with E-state index in [4.69, 9.17) is 5.73 Å². The molecule has 3 nitrogen and oxygen atoms in total. The highest BCUT2D eigenvalue weighted by Crippen LogP contribution is 2.35. The van der Waals surface area contributed by atoms with Crippen molar-refractivity contribution < 1.29 is 0 Å². The Morgan fingerprint density at radius 3 is 2.65 bits per heavy atom. The second-order valence-electron chi connectivity index (χ2n) is 5.63. The molecule has 0 aliphatic carbocycles. The van der Waals surface area contributed by atoms with Crippen molar-refractivity contribution in [2.75, 3.05) is 18.0 Å². The summed E-state index contributed by atoms with van der Waals surface area (Å²) in [7, 11) is 0. The lowest BCUT2D eigenvalue weighted by molar-refractivity contribution is 0.579. The van der Waals surface area contributed by atoms with E-state index in [1.807, 2.05) is 24.3 Å². The van der Waals surface area contributed by atoms with Gasteiger partial charge in [0.1, 0.15) is 0 Å². The summed E-state index contributed by atoms with van der Waals surface area (Å²) >= 11 is 0. The topological polar surface area (TPSA) is 53.0 Å². The van der Waals surface area contributed by atoms with Gasteiger partial charge in [0.05, 0.1) is 11.6 Å². The van der Waals surface area contributed by atoms with Gasteiger partial charge in [-0.3, -0.25) is 0 Å². The maximum Gasteiger partial charge on any atom is 0.0998 e. The Balaban J connectivity index is 2.12. The third-order valence-electron chi connectivity index (χ3n) is 4.33. The van der Waals surface area contributed by atoms with Crippen LogP contribution in [0, 0.1) is 17.2 Å². The van der Waals surface area contributed by atoms with Crippen LogP contribution < -0.4 is 10.6 Å². The van der Waals surface area contributed by atoms with Crippen molar-refractivity contribution >= 4 is 16.5 Å². The van der Waals surface area contributed by atoms with Crippen LogP contribution in [0.15, 0.2) is 36.4 Å². The molecule has 0 amide bonds. The summed E-state index contributed by atoms with van der Waals surface area (Å²) in [5, 5.41) is 11.4. The highest BCUT2D eigenvalue weighted by molar-refractivity contribution is 5.98. The van der Waals surface area contributed by atoms with Crippen molar-refractivity contribution in [3.63, 3.8) is 0 Å². The van der Waals surface area contributed by atoms with Crippen molar-refractivity contribution in [3.8, 4) is 6.07 Å². The highest BCUT2D eigenvalue weighted by atomic mass is 15.2. The molecule has 2 unspecified atom stereocenters. The molecule has 1 aliphatic rings. The lowest BCUT2D eigenvalue weighted by Gasteiger charge is -2.25. The Bertz CT molecular complexity index is 671. The molecule has 3 heteroatoms. The van der Waals surface area contributed by atoms with E-state index in [2.05, 4.69) is 30.0 Å². The molecule has 0 spiro atoms. The van der Waals surface area contributed by atoms with E-state index in [1.54, 1.807) is 0 Å². The summed E-state index contributed by atoms with van der Waals surface area (Å²) in [6, 6.07) is 14.9. The first-order chi connectivity index (χ1) is 9.74. The number of nitriles is 1. The van der Waals surface area contributed by atoms with Crippen molar-refractivity contribution in [2.24, 2.45) is 11.7 Å². The fourth-order valence-electron chi connectivity index (χ4n) is 3.28. The van der Waals surface area contributed by atoms with Gasteiger partial charge in [-0.2, -0.15) is 5.26 Å². The summed E-state index contributed by atoms with van der Waals surface area (Å²) < 4.78 is 0. The van der Waals surface area contributed by atoms with Crippen molar-refractivity contribution in [1.29, 1.82) is 5.26 Å². The molecule has 102 valence electrons. The largest absolute Gasteiger partial charge is 0.368 e. The predicted molar refractivity (Wildman–Crippen MR) is 82.6 cm³/mol. The second kappa shape index (κ2) is 5.15. The second-order valence-corrected chi connectivity index (χ2v) is 5.63. The molecule has 3 rings (SSSR count). The van der Waals surface area contributed by atoms with Crippen LogP contribution in [0.4, 0.5) is 5.69 Å². The van der Waals surface area contributed by atoms with Gasteiger partial charge in [0.2, 0.25) is 0 Å². The monoisotopic (exact) mass is 265 g/mol. The minimum Gasteiger partial charge on any atom is -0.368 e. The van der Waals surface area contributed by atoms with Gasteiger partial charge >= 0.3 is 0 Å². The molecule has 2 aromatic rings. The molecular weight excluding hydrogens is 246 g/mol. The average molecular weight is 265 g/mol. The van der Waals surface area contributed by atoms with E-state index in [0.29, 0.717) is 12.0 Å². The van der Waals surface area contributed by atoms with Crippen LogP contribution >= 0.6 is 0 Å². The average Bonchev–Trinajstić information content (AvgIpc) is 2.87. The number of benzene rings is 2. The van der Waals surface area contributed by atoms with Crippen LogP contribution in [-0.2, 0) is 0 Å². The van der Waals surface area contributed by atoms with Crippen molar-refractivity contribution in [3.05, 3.63) is 42.0 Å². The van der Waals surface area contributed by atoms with E-state index in [1.165, 1.54) is 5.69 Å². The normalized spacial score (nSPS) is 22.1. The first-order valence-electron chi connectivity index (χ1n) is 7.13. The summed E-state index contributed by atoms with van der Waals surface area (Å²) in [4.78, 5) is 2.43. The standard InChI is InChI=1S/C17H19N3/c1-12-8-13(9-18)11-20(12)17-7-6-14(10-19)15-4-2-3-5-16(15)17/h2-7,12-13H,8-9,11,18H2,1H3. The Hall–Kier alpha value is -2.05. The third kappa shape index (κ3) is 2.03. The Labute approximate surface area is 119 Å². The van der Waals surface area contributed by atoms with Crippen LogP contribution in [0.3, 0.4) is 0 Å². The third-order valence-corrected chi connectivity index (χ3v) is 4.33. The van der Waals surface area contributed by atoms with Gasteiger partial charge in [-0.15, -0.1) is 0 Å². The van der Waals surface area contributed by atoms with E-state index in [9.17, 15) is 5.26 Å². The summed E-state index contributed by atoms with van der Waals surface area (Å²) in [5.41, 5.74) is 7.79. The van der Waals surface area contributed by atoms with E-state index in [0.717, 1.165) is 35.8 Å². The molecule has 1 fully saturated rings.